The summed E-state index contributed by atoms with van der Waals surface area (Å²) in [6.45, 7) is 0.194. The fourth-order valence-electron chi connectivity index (χ4n) is 1.72. The SMILES string of the molecule is COc1ccc2c(c1)C(=O)N(S(C)(=O)=O)CCS2. The second-order valence-electron chi connectivity index (χ2n) is 3.85. The van der Waals surface area contributed by atoms with E-state index < -0.39 is 15.9 Å². The van der Waals surface area contributed by atoms with Gasteiger partial charge < -0.3 is 4.74 Å². The molecule has 0 saturated heterocycles. The largest absolute Gasteiger partial charge is 0.497 e. The summed E-state index contributed by atoms with van der Waals surface area (Å²) in [5.41, 5.74) is 0.377. The highest BCUT2D eigenvalue weighted by Crippen LogP contribution is 2.31. The smallest absolute Gasteiger partial charge is 0.268 e. The van der Waals surface area contributed by atoms with Gasteiger partial charge in [-0.3, -0.25) is 4.79 Å². The first-order valence-electron chi connectivity index (χ1n) is 5.26. The van der Waals surface area contributed by atoms with Crippen molar-refractivity contribution in [2.75, 3.05) is 25.7 Å². The normalized spacial score (nSPS) is 16.1. The number of sulfonamides is 1. The molecule has 1 aromatic rings. The molecule has 1 aromatic carbocycles. The van der Waals surface area contributed by atoms with E-state index >= 15 is 0 Å². The predicted molar refractivity (Wildman–Crippen MR) is 69.6 cm³/mol. The molecule has 0 saturated carbocycles. The van der Waals surface area contributed by atoms with Gasteiger partial charge in [-0.15, -0.1) is 11.8 Å². The number of hydrogen-bond acceptors (Lipinski definition) is 5. The summed E-state index contributed by atoms with van der Waals surface area (Å²) in [6, 6.07) is 5.12. The van der Waals surface area contributed by atoms with Crippen LogP contribution in [0, 0.1) is 0 Å². The maximum absolute atomic E-state index is 12.2. The van der Waals surface area contributed by atoms with Crippen molar-refractivity contribution in [1.29, 1.82) is 0 Å². The van der Waals surface area contributed by atoms with Crippen LogP contribution in [0.15, 0.2) is 23.1 Å². The molecule has 1 amide bonds. The standard InChI is InChI=1S/C11H13NO4S2/c1-16-8-3-4-10-9(7-8)11(13)12(5-6-17-10)18(2,14)15/h3-4,7H,5-6H2,1-2H3. The molecule has 0 aromatic heterocycles. The van der Waals surface area contributed by atoms with Gasteiger partial charge in [-0.05, 0) is 18.2 Å². The molecule has 2 rings (SSSR count). The molecule has 0 N–H and O–H groups in total. The summed E-state index contributed by atoms with van der Waals surface area (Å²) in [5.74, 6) is 0.604. The van der Waals surface area contributed by atoms with Crippen LogP contribution in [0.1, 0.15) is 10.4 Å². The van der Waals surface area contributed by atoms with Crippen molar-refractivity contribution >= 4 is 27.7 Å². The molecule has 98 valence electrons. The van der Waals surface area contributed by atoms with Gasteiger partial charge in [0.05, 0.1) is 18.9 Å². The quantitative estimate of drug-likeness (QED) is 0.818. The number of hydrogen-bond donors (Lipinski definition) is 0. The number of amides is 1. The lowest BCUT2D eigenvalue weighted by Crippen LogP contribution is -2.36. The zero-order valence-electron chi connectivity index (χ0n) is 10.0. The number of benzene rings is 1. The number of fused-ring (bicyclic) bond motifs is 1. The molecule has 0 radical (unpaired) electrons. The van der Waals surface area contributed by atoms with Gasteiger partial charge in [0, 0.05) is 17.2 Å². The number of nitrogens with zero attached hydrogens (tertiary/aromatic N) is 1. The van der Waals surface area contributed by atoms with Crippen LogP contribution in [0.4, 0.5) is 0 Å². The second kappa shape index (κ2) is 4.81. The van der Waals surface area contributed by atoms with Crippen LogP contribution >= 0.6 is 11.8 Å². The third-order valence-electron chi connectivity index (χ3n) is 2.60. The fraction of sp³-hybridized carbons (Fsp3) is 0.364. The summed E-state index contributed by atoms with van der Waals surface area (Å²) in [6.07, 6.45) is 1.04. The minimum atomic E-state index is -3.53. The molecule has 0 fully saturated rings. The van der Waals surface area contributed by atoms with Crippen molar-refractivity contribution in [3.05, 3.63) is 23.8 Å². The van der Waals surface area contributed by atoms with Crippen molar-refractivity contribution < 1.29 is 17.9 Å². The van der Waals surface area contributed by atoms with Gasteiger partial charge in [-0.1, -0.05) is 0 Å². The molecular formula is C11H13NO4S2. The summed E-state index contributed by atoms with van der Waals surface area (Å²) < 4.78 is 29.1. The molecule has 0 bridgehead atoms. The van der Waals surface area contributed by atoms with Crippen LogP contribution in [0.25, 0.3) is 0 Å². The van der Waals surface area contributed by atoms with Crippen LogP contribution < -0.4 is 4.74 Å². The molecule has 0 aliphatic carbocycles. The van der Waals surface area contributed by atoms with Crippen molar-refractivity contribution in [2.45, 2.75) is 4.90 Å². The molecule has 0 unspecified atom stereocenters. The minimum absolute atomic E-state index is 0.194. The number of thioether (sulfide) groups is 1. The van der Waals surface area contributed by atoms with Gasteiger partial charge in [-0.2, -0.15) is 0 Å². The highest BCUT2D eigenvalue weighted by Gasteiger charge is 2.29. The number of carbonyl (C=O) groups is 1. The average Bonchev–Trinajstić information content (AvgIpc) is 2.48. The summed E-state index contributed by atoms with van der Waals surface area (Å²) in [7, 11) is -2.03. The first-order chi connectivity index (χ1) is 8.43. The zero-order chi connectivity index (χ0) is 13.3. The Bertz CT molecular complexity index is 583. The van der Waals surface area contributed by atoms with Crippen LogP contribution in [-0.4, -0.2) is 44.3 Å². The Kier molecular flexibility index (Phi) is 3.54. The lowest BCUT2D eigenvalue weighted by atomic mass is 10.2. The van der Waals surface area contributed by atoms with E-state index in [1.807, 2.05) is 0 Å². The highest BCUT2D eigenvalue weighted by molar-refractivity contribution is 7.99. The molecule has 1 aliphatic heterocycles. The Balaban J connectivity index is 2.51. The van der Waals surface area contributed by atoms with Crippen LogP contribution in [-0.2, 0) is 10.0 Å². The van der Waals surface area contributed by atoms with Gasteiger partial charge >= 0.3 is 0 Å². The first-order valence-corrected chi connectivity index (χ1v) is 8.10. The van der Waals surface area contributed by atoms with Crippen LogP contribution in [0.5, 0.6) is 5.75 Å². The molecule has 0 atom stereocenters. The Labute approximate surface area is 110 Å². The van der Waals surface area contributed by atoms with E-state index in [0.29, 0.717) is 17.1 Å². The topological polar surface area (TPSA) is 63.7 Å². The third-order valence-corrected chi connectivity index (χ3v) is 4.80. The Morgan fingerprint density at radius 1 is 1.39 bits per heavy atom. The molecule has 1 heterocycles. The molecular weight excluding hydrogens is 274 g/mol. The number of carbonyl (C=O) groups excluding carboxylic acids is 1. The van der Waals surface area contributed by atoms with Crippen LogP contribution in [0.3, 0.4) is 0 Å². The first kappa shape index (κ1) is 13.2. The maximum atomic E-state index is 12.2. The molecule has 5 nitrogen and oxygen atoms in total. The summed E-state index contributed by atoms with van der Waals surface area (Å²) in [4.78, 5) is 13.0. The predicted octanol–water partition coefficient (Wildman–Crippen LogP) is 1.20. The van der Waals surface area contributed by atoms with Gasteiger partial charge in [-0.25, -0.2) is 12.7 Å². The zero-order valence-corrected chi connectivity index (χ0v) is 11.7. The monoisotopic (exact) mass is 287 g/mol. The van der Waals surface area contributed by atoms with E-state index in [1.54, 1.807) is 18.2 Å². The molecule has 18 heavy (non-hydrogen) atoms. The highest BCUT2D eigenvalue weighted by atomic mass is 32.2. The van der Waals surface area contributed by atoms with E-state index in [-0.39, 0.29) is 6.54 Å². The molecule has 7 heteroatoms. The van der Waals surface area contributed by atoms with Crippen molar-refractivity contribution in [1.82, 2.24) is 4.31 Å². The lowest BCUT2D eigenvalue weighted by molar-refractivity contribution is 0.0866. The van der Waals surface area contributed by atoms with Crippen molar-refractivity contribution in [2.24, 2.45) is 0 Å². The number of ether oxygens (including phenoxy) is 1. The Morgan fingerprint density at radius 2 is 2.11 bits per heavy atom. The van der Waals surface area contributed by atoms with Gasteiger partial charge in [0.25, 0.3) is 5.91 Å². The van der Waals surface area contributed by atoms with Gasteiger partial charge in [0.15, 0.2) is 0 Å². The number of rotatable bonds is 2. The van der Waals surface area contributed by atoms with Crippen molar-refractivity contribution in [3.8, 4) is 5.75 Å². The fourth-order valence-corrected chi connectivity index (χ4v) is 3.62. The summed E-state index contributed by atoms with van der Waals surface area (Å²) in [5, 5.41) is 0. The Hall–Kier alpha value is -1.21. The molecule has 1 aliphatic rings. The van der Waals surface area contributed by atoms with E-state index in [0.717, 1.165) is 15.5 Å². The minimum Gasteiger partial charge on any atom is -0.497 e. The lowest BCUT2D eigenvalue weighted by Gasteiger charge is -2.17. The maximum Gasteiger partial charge on any atom is 0.268 e. The van der Waals surface area contributed by atoms with E-state index in [2.05, 4.69) is 0 Å². The van der Waals surface area contributed by atoms with E-state index in [1.165, 1.54) is 18.9 Å². The number of methoxy groups -OCH3 is 1. The summed E-state index contributed by atoms with van der Waals surface area (Å²) >= 11 is 1.47. The van der Waals surface area contributed by atoms with E-state index in [9.17, 15) is 13.2 Å². The Morgan fingerprint density at radius 3 is 2.72 bits per heavy atom. The third kappa shape index (κ3) is 2.46. The average molecular weight is 287 g/mol. The van der Waals surface area contributed by atoms with Gasteiger partial charge in [0.2, 0.25) is 10.0 Å². The van der Waals surface area contributed by atoms with Crippen LogP contribution in [0.2, 0.25) is 0 Å². The second-order valence-corrected chi connectivity index (χ2v) is 6.89. The van der Waals surface area contributed by atoms with E-state index in [4.69, 9.17) is 4.74 Å². The van der Waals surface area contributed by atoms with Gasteiger partial charge in [0.1, 0.15) is 5.75 Å². The molecule has 0 spiro atoms. The van der Waals surface area contributed by atoms with Crippen molar-refractivity contribution in [3.63, 3.8) is 0 Å².